The fourth-order valence-corrected chi connectivity index (χ4v) is 2.72. The Labute approximate surface area is 126 Å². The third kappa shape index (κ3) is 10.1. The molecule has 0 atom stereocenters. The molecule has 0 spiro atoms. The summed E-state index contributed by atoms with van der Waals surface area (Å²) in [5, 5.41) is 2.11. The SMILES string of the molecule is CCCCCCCCCCCCCCCN1C=CNN1. The molecular formula is C17H35N3. The summed E-state index contributed by atoms with van der Waals surface area (Å²) >= 11 is 0. The van der Waals surface area contributed by atoms with Gasteiger partial charge in [0.1, 0.15) is 0 Å². The third-order valence-corrected chi connectivity index (χ3v) is 4.05. The van der Waals surface area contributed by atoms with Gasteiger partial charge in [-0.05, 0) is 6.42 Å². The van der Waals surface area contributed by atoms with Gasteiger partial charge in [-0.3, -0.25) is 5.01 Å². The molecule has 0 bridgehead atoms. The molecule has 0 amide bonds. The molecule has 0 unspecified atom stereocenters. The second-order valence-corrected chi connectivity index (χ2v) is 6.01. The van der Waals surface area contributed by atoms with Gasteiger partial charge >= 0.3 is 0 Å². The van der Waals surface area contributed by atoms with E-state index in [-0.39, 0.29) is 0 Å². The average molecular weight is 281 g/mol. The van der Waals surface area contributed by atoms with Gasteiger partial charge in [-0.15, -0.1) is 5.53 Å². The molecule has 2 N–H and O–H groups in total. The van der Waals surface area contributed by atoms with Gasteiger partial charge in [0, 0.05) is 18.9 Å². The molecule has 3 nitrogen and oxygen atoms in total. The lowest BCUT2D eigenvalue weighted by atomic mass is 10.0. The maximum absolute atomic E-state index is 3.07. The largest absolute Gasteiger partial charge is 0.310 e. The predicted molar refractivity (Wildman–Crippen MR) is 87.8 cm³/mol. The van der Waals surface area contributed by atoms with Gasteiger partial charge in [-0.1, -0.05) is 84.0 Å². The molecule has 0 fully saturated rings. The van der Waals surface area contributed by atoms with Crippen LogP contribution in [0.3, 0.4) is 0 Å². The molecule has 1 rings (SSSR count). The summed E-state index contributed by atoms with van der Waals surface area (Å²) in [4.78, 5) is 0. The van der Waals surface area contributed by atoms with Gasteiger partial charge in [0.05, 0.1) is 0 Å². The first-order chi connectivity index (χ1) is 9.93. The second-order valence-electron chi connectivity index (χ2n) is 6.01. The maximum Gasteiger partial charge on any atom is 0.0356 e. The first-order valence-electron chi connectivity index (χ1n) is 8.88. The van der Waals surface area contributed by atoms with E-state index >= 15 is 0 Å². The first-order valence-corrected chi connectivity index (χ1v) is 8.88. The van der Waals surface area contributed by atoms with Crippen LogP contribution in [-0.4, -0.2) is 11.6 Å². The van der Waals surface area contributed by atoms with Crippen LogP contribution in [0.2, 0.25) is 0 Å². The minimum absolute atomic E-state index is 1.11. The van der Waals surface area contributed by atoms with E-state index in [1.165, 1.54) is 83.5 Å². The minimum Gasteiger partial charge on any atom is -0.310 e. The Morgan fingerprint density at radius 1 is 0.700 bits per heavy atom. The van der Waals surface area contributed by atoms with E-state index in [1.54, 1.807) is 0 Å². The number of hydrogen-bond acceptors (Lipinski definition) is 3. The van der Waals surface area contributed by atoms with Crippen LogP contribution in [0.25, 0.3) is 0 Å². The van der Waals surface area contributed by atoms with E-state index in [9.17, 15) is 0 Å². The normalized spacial score (nSPS) is 13.9. The van der Waals surface area contributed by atoms with Crippen LogP contribution in [-0.2, 0) is 0 Å². The maximum atomic E-state index is 3.07. The topological polar surface area (TPSA) is 27.3 Å². The van der Waals surface area contributed by atoms with Crippen molar-refractivity contribution in [3.05, 3.63) is 12.4 Å². The Bertz CT molecular complexity index is 228. The molecule has 0 aromatic heterocycles. The van der Waals surface area contributed by atoms with E-state index in [0.29, 0.717) is 0 Å². The lowest BCUT2D eigenvalue weighted by Gasteiger charge is -2.14. The fraction of sp³-hybridized carbons (Fsp3) is 0.882. The molecule has 1 heterocycles. The van der Waals surface area contributed by atoms with Crippen LogP contribution >= 0.6 is 0 Å². The van der Waals surface area contributed by atoms with Crippen LogP contribution in [0.5, 0.6) is 0 Å². The standard InChI is InChI=1S/C17H35N3/c1-2-3-4-5-6-7-8-9-10-11-12-13-14-16-20-17-15-18-19-20/h15,17-19H,2-14,16H2,1H3. The van der Waals surface area contributed by atoms with Crippen LogP contribution in [0.1, 0.15) is 90.4 Å². The fourth-order valence-electron chi connectivity index (χ4n) is 2.72. The molecule has 20 heavy (non-hydrogen) atoms. The number of hydrazine groups is 2. The zero-order chi connectivity index (χ0) is 14.3. The van der Waals surface area contributed by atoms with Crippen molar-refractivity contribution in [3.8, 4) is 0 Å². The van der Waals surface area contributed by atoms with Gasteiger partial charge in [-0.25, -0.2) is 0 Å². The smallest absolute Gasteiger partial charge is 0.0356 e. The van der Waals surface area contributed by atoms with E-state index in [0.717, 1.165) is 6.54 Å². The summed E-state index contributed by atoms with van der Waals surface area (Å²) in [6.07, 6.45) is 22.5. The molecular weight excluding hydrogens is 246 g/mol. The summed E-state index contributed by atoms with van der Waals surface area (Å²) in [6, 6.07) is 0. The minimum atomic E-state index is 1.11. The highest BCUT2D eigenvalue weighted by atomic mass is 15.7. The van der Waals surface area contributed by atoms with Crippen molar-refractivity contribution in [1.82, 2.24) is 16.0 Å². The summed E-state index contributed by atoms with van der Waals surface area (Å²) in [5.41, 5.74) is 6.04. The Morgan fingerprint density at radius 2 is 1.20 bits per heavy atom. The molecule has 0 aliphatic carbocycles. The van der Waals surface area contributed by atoms with Gasteiger partial charge in [0.2, 0.25) is 0 Å². The van der Waals surface area contributed by atoms with Crippen molar-refractivity contribution in [2.45, 2.75) is 90.4 Å². The Morgan fingerprint density at radius 3 is 1.65 bits per heavy atom. The zero-order valence-corrected chi connectivity index (χ0v) is 13.5. The molecule has 0 saturated heterocycles. The first kappa shape index (κ1) is 17.4. The van der Waals surface area contributed by atoms with Crippen molar-refractivity contribution in [3.63, 3.8) is 0 Å². The number of nitrogens with zero attached hydrogens (tertiary/aromatic N) is 1. The highest BCUT2D eigenvalue weighted by Crippen LogP contribution is 2.12. The Balaban J connectivity index is 1.67. The molecule has 1 aliphatic rings. The molecule has 0 aromatic carbocycles. The van der Waals surface area contributed by atoms with Crippen molar-refractivity contribution in [1.29, 1.82) is 0 Å². The van der Waals surface area contributed by atoms with Crippen LogP contribution in [0.4, 0.5) is 0 Å². The lowest BCUT2D eigenvalue weighted by Crippen LogP contribution is -2.35. The number of unbranched alkanes of at least 4 members (excludes halogenated alkanes) is 12. The average Bonchev–Trinajstić information content (AvgIpc) is 2.97. The Kier molecular flexibility index (Phi) is 11.5. The van der Waals surface area contributed by atoms with E-state index in [1.807, 2.05) is 6.20 Å². The van der Waals surface area contributed by atoms with Gasteiger partial charge in [0.15, 0.2) is 0 Å². The van der Waals surface area contributed by atoms with Crippen molar-refractivity contribution >= 4 is 0 Å². The monoisotopic (exact) mass is 281 g/mol. The van der Waals surface area contributed by atoms with E-state index < -0.39 is 0 Å². The van der Waals surface area contributed by atoms with E-state index in [2.05, 4.69) is 29.1 Å². The predicted octanol–water partition coefficient (Wildman–Crippen LogP) is 4.87. The van der Waals surface area contributed by atoms with Crippen molar-refractivity contribution in [2.24, 2.45) is 0 Å². The summed E-state index contributed by atoms with van der Waals surface area (Å²) in [5.74, 6) is 0. The molecule has 0 aromatic rings. The van der Waals surface area contributed by atoms with Crippen molar-refractivity contribution in [2.75, 3.05) is 6.54 Å². The van der Waals surface area contributed by atoms with Crippen LogP contribution in [0.15, 0.2) is 12.4 Å². The molecule has 1 aliphatic heterocycles. The summed E-state index contributed by atoms with van der Waals surface area (Å²) < 4.78 is 0. The van der Waals surface area contributed by atoms with Crippen LogP contribution in [0, 0.1) is 0 Å². The number of nitrogens with one attached hydrogen (secondary N) is 2. The zero-order valence-electron chi connectivity index (χ0n) is 13.5. The number of rotatable bonds is 14. The lowest BCUT2D eigenvalue weighted by molar-refractivity contribution is 0.265. The van der Waals surface area contributed by atoms with Gasteiger partial charge < -0.3 is 5.43 Å². The van der Waals surface area contributed by atoms with E-state index in [4.69, 9.17) is 0 Å². The van der Waals surface area contributed by atoms with Crippen LogP contribution < -0.4 is 11.0 Å². The summed E-state index contributed by atoms with van der Waals surface area (Å²) in [6.45, 7) is 3.40. The van der Waals surface area contributed by atoms with Crippen molar-refractivity contribution < 1.29 is 0 Å². The molecule has 118 valence electrons. The quantitative estimate of drug-likeness (QED) is 0.445. The highest BCUT2D eigenvalue weighted by Gasteiger charge is 2.01. The second kappa shape index (κ2) is 13.3. The number of hydrogen-bond donors (Lipinski definition) is 2. The van der Waals surface area contributed by atoms with Gasteiger partial charge in [-0.2, -0.15) is 0 Å². The molecule has 0 saturated carbocycles. The molecule has 3 heteroatoms. The Hall–Kier alpha value is -0.700. The third-order valence-electron chi connectivity index (χ3n) is 4.05. The summed E-state index contributed by atoms with van der Waals surface area (Å²) in [7, 11) is 0. The molecule has 0 radical (unpaired) electrons. The van der Waals surface area contributed by atoms with Gasteiger partial charge in [0.25, 0.3) is 0 Å². The highest BCUT2D eigenvalue weighted by molar-refractivity contribution is 4.81.